The molecule has 0 aromatic carbocycles. The molecular weight excluding hydrogens is 266 g/mol. The third kappa shape index (κ3) is 2.81. The van der Waals surface area contributed by atoms with E-state index in [4.69, 9.17) is 0 Å². The Morgan fingerprint density at radius 2 is 2.11 bits per heavy atom. The van der Waals surface area contributed by atoms with Gasteiger partial charge in [-0.2, -0.15) is 0 Å². The van der Waals surface area contributed by atoms with E-state index >= 15 is 0 Å². The number of amides is 3. The number of nitrogens with zero attached hydrogens (tertiary/aromatic N) is 2. The summed E-state index contributed by atoms with van der Waals surface area (Å²) in [7, 11) is -1.32. The summed E-state index contributed by atoms with van der Waals surface area (Å²) in [4.78, 5) is 28.6. The highest BCUT2D eigenvalue weighted by Crippen LogP contribution is 2.16. The van der Waals surface area contributed by atoms with E-state index in [1.807, 2.05) is 0 Å². The Morgan fingerprint density at radius 1 is 1.37 bits per heavy atom. The monoisotopic (exact) mass is 281 g/mol. The SMILES string of the molecule is CC1(C)NC(=O)N(CC[S@@](=O)c2ccccn2)C1=O. The lowest BCUT2D eigenvalue weighted by molar-refractivity contribution is -0.130. The number of rotatable bonds is 4. The first-order valence-corrected chi connectivity index (χ1v) is 7.17. The fourth-order valence-electron chi connectivity index (χ4n) is 1.78. The van der Waals surface area contributed by atoms with Gasteiger partial charge in [0.25, 0.3) is 5.91 Å². The number of carbonyl (C=O) groups is 2. The highest BCUT2D eigenvalue weighted by molar-refractivity contribution is 7.85. The third-order valence-corrected chi connectivity index (χ3v) is 4.08. The van der Waals surface area contributed by atoms with E-state index in [1.165, 1.54) is 0 Å². The molecule has 19 heavy (non-hydrogen) atoms. The van der Waals surface area contributed by atoms with E-state index in [9.17, 15) is 13.8 Å². The fraction of sp³-hybridized carbons (Fsp3) is 0.417. The molecule has 0 unspecified atom stereocenters. The summed E-state index contributed by atoms with van der Waals surface area (Å²) >= 11 is 0. The summed E-state index contributed by atoms with van der Waals surface area (Å²) in [6, 6.07) is 4.71. The van der Waals surface area contributed by atoms with Crippen LogP contribution in [0.2, 0.25) is 0 Å². The average Bonchev–Trinajstić information content (AvgIpc) is 2.57. The first kappa shape index (κ1) is 13.7. The van der Waals surface area contributed by atoms with E-state index in [1.54, 1.807) is 38.2 Å². The molecule has 1 N–H and O–H groups in total. The highest BCUT2D eigenvalue weighted by atomic mass is 32.2. The van der Waals surface area contributed by atoms with Gasteiger partial charge in [-0.3, -0.25) is 13.9 Å². The van der Waals surface area contributed by atoms with Crippen molar-refractivity contribution in [3.63, 3.8) is 0 Å². The predicted octanol–water partition coefficient (Wildman–Crippen LogP) is 0.520. The minimum atomic E-state index is -1.32. The lowest BCUT2D eigenvalue weighted by atomic mass is 10.1. The zero-order chi connectivity index (χ0) is 14.0. The van der Waals surface area contributed by atoms with Crippen LogP contribution >= 0.6 is 0 Å². The zero-order valence-corrected chi connectivity index (χ0v) is 11.6. The molecule has 0 spiro atoms. The minimum absolute atomic E-state index is 0.122. The first-order chi connectivity index (χ1) is 8.92. The van der Waals surface area contributed by atoms with Crippen LogP contribution in [0.15, 0.2) is 29.4 Å². The van der Waals surface area contributed by atoms with Crippen LogP contribution in [0.1, 0.15) is 13.8 Å². The first-order valence-electron chi connectivity index (χ1n) is 5.85. The fourth-order valence-corrected chi connectivity index (χ4v) is 2.75. The Hall–Kier alpha value is -1.76. The molecular formula is C12H15N3O3S. The van der Waals surface area contributed by atoms with Gasteiger partial charge in [0.1, 0.15) is 10.6 Å². The maximum absolute atomic E-state index is 12.0. The maximum Gasteiger partial charge on any atom is 0.325 e. The second-order valence-corrected chi connectivity index (χ2v) is 6.25. The summed E-state index contributed by atoms with van der Waals surface area (Å²) in [5, 5.41) is 3.03. The number of aromatic nitrogens is 1. The van der Waals surface area contributed by atoms with Gasteiger partial charge < -0.3 is 5.32 Å². The quantitative estimate of drug-likeness (QED) is 0.816. The van der Waals surface area contributed by atoms with Crippen molar-refractivity contribution in [2.45, 2.75) is 24.4 Å². The van der Waals surface area contributed by atoms with Crippen LogP contribution in [-0.2, 0) is 15.6 Å². The number of carbonyl (C=O) groups excluding carboxylic acids is 2. The second kappa shape index (κ2) is 5.08. The molecule has 1 aliphatic rings. The summed E-state index contributed by atoms with van der Waals surface area (Å²) in [6.45, 7) is 3.41. The lowest BCUT2D eigenvalue weighted by Gasteiger charge is -2.15. The molecule has 1 aromatic heterocycles. The smallest absolute Gasteiger partial charge is 0.324 e. The van der Waals surface area contributed by atoms with Crippen LogP contribution < -0.4 is 5.32 Å². The van der Waals surface area contributed by atoms with Gasteiger partial charge in [0.05, 0.1) is 10.8 Å². The standard InChI is InChI=1S/C12H15N3O3S/c1-12(2)10(16)15(11(17)14-12)7-8-19(18)9-5-3-4-6-13-9/h3-6H,7-8H2,1-2H3,(H,14,17)/t19-/m1/s1. The normalized spacial score (nSPS) is 19.4. The number of nitrogens with one attached hydrogen (secondary N) is 1. The van der Waals surface area contributed by atoms with Crippen LogP contribution in [0.25, 0.3) is 0 Å². The van der Waals surface area contributed by atoms with Gasteiger partial charge in [-0.1, -0.05) is 6.07 Å². The summed E-state index contributed by atoms with van der Waals surface area (Å²) in [5.74, 6) is -0.109. The summed E-state index contributed by atoms with van der Waals surface area (Å²) in [5.41, 5.74) is -0.885. The lowest BCUT2D eigenvalue weighted by Crippen LogP contribution is -2.40. The Morgan fingerprint density at radius 3 is 2.63 bits per heavy atom. The topological polar surface area (TPSA) is 79.4 Å². The number of hydrogen-bond acceptors (Lipinski definition) is 4. The molecule has 0 aliphatic carbocycles. The van der Waals surface area contributed by atoms with Gasteiger partial charge in [-0.05, 0) is 26.0 Å². The molecule has 0 radical (unpaired) electrons. The van der Waals surface area contributed by atoms with Gasteiger partial charge in [0.15, 0.2) is 0 Å². The Labute approximate surface area is 113 Å². The molecule has 6 nitrogen and oxygen atoms in total. The molecule has 102 valence electrons. The zero-order valence-electron chi connectivity index (χ0n) is 10.8. The van der Waals surface area contributed by atoms with Crippen LogP contribution in [-0.4, -0.2) is 43.9 Å². The van der Waals surface area contributed by atoms with Crippen LogP contribution in [0, 0.1) is 0 Å². The van der Waals surface area contributed by atoms with E-state index < -0.39 is 22.4 Å². The molecule has 7 heteroatoms. The molecule has 2 heterocycles. The molecule has 1 atom stereocenters. The van der Waals surface area contributed by atoms with E-state index in [0.29, 0.717) is 5.03 Å². The molecule has 1 aromatic rings. The highest BCUT2D eigenvalue weighted by Gasteiger charge is 2.43. The van der Waals surface area contributed by atoms with Crippen molar-refractivity contribution >= 4 is 22.7 Å². The van der Waals surface area contributed by atoms with Crippen molar-refractivity contribution in [1.82, 2.24) is 15.2 Å². The Balaban J connectivity index is 1.99. The van der Waals surface area contributed by atoms with Crippen molar-refractivity contribution < 1.29 is 13.8 Å². The van der Waals surface area contributed by atoms with E-state index in [0.717, 1.165) is 4.90 Å². The third-order valence-electron chi connectivity index (χ3n) is 2.82. The molecule has 3 amide bonds. The molecule has 1 fully saturated rings. The van der Waals surface area contributed by atoms with Crippen LogP contribution in [0.5, 0.6) is 0 Å². The predicted molar refractivity (Wildman–Crippen MR) is 69.8 cm³/mol. The van der Waals surface area contributed by atoms with Gasteiger partial charge in [-0.15, -0.1) is 0 Å². The van der Waals surface area contributed by atoms with E-state index in [2.05, 4.69) is 10.3 Å². The van der Waals surface area contributed by atoms with Crippen molar-refractivity contribution in [3.05, 3.63) is 24.4 Å². The Kier molecular flexibility index (Phi) is 3.66. The van der Waals surface area contributed by atoms with Crippen LogP contribution in [0.4, 0.5) is 4.79 Å². The Bertz CT molecular complexity index is 530. The van der Waals surface area contributed by atoms with Gasteiger partial charge in [0.2, 0.25) is 0 Å². The van der Waals surface area contributed by atoms with Gasteiger partial charge in [0, 0.05) is 18.5 Å². The minimum Gasteiger partial charge on any atom is -0.324 e. The van der Waals surface area contributed by atoms with Gasteiger partial charge in [-0.25, -0.2) is 9.78 Å². The molecule has 1 saturated heterocycles. The number of pyridine rings is 1. The van der Waals surface area contributed by atoms with Gasteiger partial charge >= 0.3 is 6.03 Å². The van der Waals surface area contributed by atoms with Crippen molar-refractivity contribution in [3.8, 4) is 0 Å². The second-order valence-electron chi connectivity index (χ2n) is 4.73. The number of urea groups is 1. The number of imide groups is 1. The average molecular weight is 281 g/mol. The van der Waals surface area contributed by atoms with Crippen molar-refractivity contribution in [1.29, 1.82) is 0 Å². The summed E-state index contributed by atoms with van der Waals surface area (Å²) in [6.07, 6.45) is 1.56. The maximum atomic E-state index is 12.0. The largest absolute Gasteiger partial charge is 0.325 e. The summed E-state index contributed by atoms with van der Waals surface area (Å²) < 4.78 is 12.0. The van der Waals surface area contributed by atoms with Crippen LogP contribution in [0.3, 0.4) is 0 Å². The van der Waals surface area contributed by atoms with E-state index in [-0.39, 0.29) is 18.2 Å². The number of hydrogen-bond donors (Lipinski definition) is 1. The molecule has 2 rings (SSSR count). The van der Waals surface area contributed by atoms with Crippen molar-refractivity contribution in [2.75, 3.05) is 12.3 Å². The molecule has 0 bridgehead atoms. The van der Waals surface area contributed by atoms with Crippen molar-refractivity contribution in [2.24, 2.45) is 0 Å². The molecule has 1 aliphatic heterocycles. The molecule has 0 saturated carbocycles.